The smallest absolute Gasteiger partial charge is 0.222 e. The molecule has 1 saturated heterocycles. The van der Waals surface area contributed by atoms with Crippen molar-refractivity contribution in [2.45, 2.75) is 37.3 Å². The van der Waals surface area contributed by atoms with Crippen molar-refractivity contribution in [3.63, 3.8) is 0 Å². The number of nitrogens with one attached hydrogen (secondary N) is 1. The molecule has 5 atom stereocenters. The lowest BCUT2D eigenvalue weighted by molar-refractivity contribution is -0.130. The van der Waals surface area contributed by atoms with Gasteiger partial charge >= 0.3 is 0 Å². The fourth-order valence-corrected chi connectivity index (χ4v) is 3.53. The summed E-state index contributed by atoms with van der Waals surface area (Å²) in [6.07, 6.45) is -0.311. The summed E-state index contributed by atoms with van der Waals surface area (Å²) in [7, 11) is 0. The minimum absolute atomic E-state index is 0.122. The van der Waals surface area contributed by atoms with Gasteiger partial charge in [-0.1, -0.05) is 0 Å². The highest BCUT2D eigenvalue weighted by Crippen LogP contribution is 2.34. The number of furan rings is 1. The van der Waals surface area contributed by atoms with Crippen LogP contribution in [-0.4, -0.2) is 50.4 Å². The number of amides is 1. The Kier molecular flexibility index (Phi) is 3.60. The molecule has 8 heteroatoms. The number of primary amides is 1. The SMILES string of the molecule is NC(=O)[C@@H]1C[C@@H](O)[C@H](O)[C@@H]2NC(=S)N(Cc3ccco3)[C@@H]21. The zero-order valence-corrected chi connectivity index (χ0v) is 12.0. The van der Waals surface area contributed by atoms with Crippen molar-refractivity contribution in [3.05, 3.63) is 24.2 Å². The van der Waals surface area contributed by atoms with Gasteiger partial charge < -0.3 is 30.6 Å². The van der Waals surface area contributed by atoms with Gasteiger partial charge in [0.05, 0.1) is 36.9 Å². The molecular weight excluding hydrogens is 294 g/mol. The van der Waals surface area contributed by atoms with Crippen LogP contribution in [0.2, 0.25) is 0 Å². The predicted octanol–water partition coefficient (Wildman–Crippen LogP) is -1.07. The normalized spacial score (nSPS) is 35.4. The Morgan fingerprint density at radius 1 is 1.57 bits per heavy atom. The highest BCUT2D eigenvalue weighted by Gasteiger charge is 2.53. The molecule has 1 aliphatic carbocycles. The number of nitrogens with two attached hydrogens (primary N) is 1. The molecule has 2 heterocycles. The average molecular weight is 311 g/mol. The molecule has 1 amide bonds. The molecule has 1 saturated carbocycles. The predicted molar refractivity (Wildman–Crippen MR) is 76.9 cm³/mol. The first-order chi connectivity index (χ1) is 9.99. The van der Waals surface area contributed by atoms with Crippen LogP contribution in [0.5, 0.6) is 0 Å². The van der Waals surface area contributed by atoms with Gasteiger partial charge in [-0.2, -0.15) is 0 Å². The molecule has 7 nitrogen and oxygen atoms in total. The van der Waals surface area contributed by atoms with Crippen molar-refractivity contribution in [1.29, 1.82) is 0 Å². The Labute approximate surface area is 126 Å². The van der Waals surface area contributed by atoms with Crippen molar-refractivity contribution >= 4 is 23.2 Å². The average Bonchev–Trinajstić information content (AvgIpc) is 3.04. The van der Waals surface area contributed by atoms with Gasteiger partial charge in [0.15, 0.2) is 5.11 Å². The van der Waals surface area contributed by atoms with E-state index in [2.05, 4.69) is 5.32 Å². The second-order valence-electron chi connectivity index (χ2n) is 5.48. The summed E-state index contributed by atoms with van der Waals surface area (Å²) in [5.41, 5.74) is 5.46. The molecule has 21 heavy (non-hydrogen) atoms. The van der Waals surface area contributed by atoms with E-state index in [0.717, 1.165) is 0 Å². The summed E-state index contributed by atoms with van der Waals surface area (Å²) < 4.78 is 5.31. The third kappa shape index (κ3) is 2.39. The first kappa shape index (κ1) is 14.3. The fourth-order valence-electron chi connectivity index (χ4n) is 3.21. The van der Waals surface area contributed by atoms with E-state index in [9.17, 15) is 15.0 Å². The summed E-state index contributed by atoms with van der Waals surface area (Å²) in [6.45, 7) is 0.382. The van der Waals surface area contributed by atoms with Crippen LogP contribution in [0.15, 0.2) is 22.8 Å². The zero-order valence-electron chi connectivity index (χ0n) is 11.2. The van der Waals surface area contributed by atoms with Crippen LogP contribution in [-0.2, 0) is 11.3 Å². The summed E-state index contributed by atoms with van der Waals surface area (Å²) in [5, 5.41) is 23.4. The number of nitrogens with zero attached hydrogens (tertiary/aromatic N) is 1. The summed E-state index contributed by atoms with van der Waals surface area (Å²) >= 11 is 5.29. The number of carbonyl (C=O) groups is 1. The summed E-state index contributed by atoms with van der Waals surface area (Å²) in [6, 6.07) is 2.67. The molecular formula is C13H17N3O4S. The highest BCUT2D eigenvalue weighted by atomic mass is 32.1. The van der Waals surface area contributed by atoms with E-state index in [1.165, 1.54) is 0 Å². The van der Waals surface area contributed by atoms with Gasteiger partial charge in [-0.05, 0) is 30.8 Å². The summed E-state index contributed by atoms with van der Waals surface area (Å²) in [4.78, 5) is 13.5. The molecule has 2 aliphatic rings. The van der Waals surface area contributed by atoms with Gasteiger partial charge in [-0.15, -0.1) is 0 Å². The summed E-state index contributed by atoms with van der Waals surface area (Å²) in [5.74, 6) is -0.396. The minimum atomic E-state index is -0.998. The first-order valence-corrected chi connectivity index (χ1v) is 7.15. The molecule has 2 fully saturated rings. The van der Waals surface area contributed by atoms with Crippen LogP contribution in [0, 0.1) is 5.92 Å². The maximum absolute atomic E-state index is 11.7. The largest absolute Gasteiger partial charge is 0.467 e. The van der Waals surface area contributed by atoms with Gasteiger partial charge in [0.1, 0.15) is 11.9 Å². The second kappa shape index (κ2) is 5.28. The molecule has 1 aromatic rings. The lowest BCUT2D eigenvalue weighted by Gasteiger charge is -2.40. The van der Waals surface area contributed by atoms with E-state index in [-0.39, 0.29) is 6.42 Å². The lowest BCUT2D eigenvalue weighted by atomic mass is 9.77. The van der Waals surface area contributed by atoms with Crippen LogP contribution >= 0.6 is 12.2 Å². The topological polar surface area (TPSA) is 112 Å². The Morgan fingerprint density at radius 2 is 2.33 bits per heavy atom. The van der Waals surface area contributed by atoms with E-state index in [1.807, 2.05) is 6.07 Å². The molecule has 0 bridgehead atoms. The van der Waals surface area contributed by atoms with Gasteiger partial charge in [0, 0.05) is 0 Å². The molecule has 0 radical (unpaired) electrons. The number of rotatable bonds is 3. The quantitative estimate of drug-likeness (QED) is 0.526. The van der Waals surface area contributed by atoms with Gasteiger partial charge in [0.2, 0.25) is 5.91 Å². The van der Waals surface area contributed by atoms with Crippen molar-refractivity contribution in [3.8, 4) is 0 Å². The van der Waals surface area contributed by atoms with Crippen molar-refractivity contribution in [1.82, 2.24) is 10.2 Å². The van der Waals surface area contributed by atoms with Gasteiger partial charge in [0.25, 0.3) is 0 Å². The van der Waals surface area contributed by atoms with Crippen LogP contribution in [0.4, 0.5) is 0 Å². The lowest BCUT2D eigenvalue weighted by Crippen LogP contribution is -2.60. The molecule has 114 valence electrons. The van der Waals surface area contributed by atoms with Crippen molar-refractivity contribution in [2.24, 2.45) is 11.7 Å². The molecule has 1 aromatic heterocycles. The molecule has 1 aliphatic heterocycles. The van der Waals surface area contributed by atoms with E-state index < -0.39 is 36.1 Å². The standard InChI is InChI=1S/C13H17N3O4S/c14-12(19)7-4-8(17)11(18)9-10(7)16(13(21)15-9)5-6-2-1-3-20-6/h1-3,7-11,17-18H,4-5H2,(H2,14,19)(H,15,21)/t7-,8-,9-,10-,11+/m1/s1. The van der Waals surface area contributed by atoms with Crippen LogP contribution in [0.25, 0.3) is 0 Å². The Bertz CT molecular complexity index is 550. The number of aliphatic hydroxyl groups excluding tert-OH is 2. The monoisotopic (exact) mass is 311 g/mol. The van der Waals surface area contributed by atoms with Gasteiger partial charge in [-0.3, -0.25) is 4.79 Å². The van der Waals surface area contributed by atoms with E-state index in [0.29, 0.717) is 17.4 Å². The Morgan fingerprint density at radius 3 is 2.95 bits per heavy atom. The molecule has 3 rings (SSSR count). The van der Waals surface area contributed by atoms with Crippen molar-refractivity contribution in [2.75, 3.05) is 0 Å². The third-order valence-corrected chi connectivity index (χ3v) is 4.57. The number of aliphatic hydroxyl groups is 2. The maximum atomic E-state index is 11.7. The highest BCUT2D eigenvalue weighted by molar-refractivity contribution is 7.80. The van der Waals surface area contributed by atoms with Crippen LogP contribution in [0.3, 0.4) is 0 Å². The number of hydrogen-bond acceptors (Lipinski definition) is 5. The molecule has 5 N–H and O–H groups in total. The zero-order chi connectivity index (χ0) is 15.1. The molecule has 0 aromatic carbocycles. The number of hydrogen-bond donors (Lipinski definition) is 4. The Hall–Kier alpha value is -1.64. The Balaban J connectivity index is 1.90. The number of thiocarbonyl (C=S) groups is 1. The number of fused-ring (bicyclic) bond motifs is 1. The van der Waals surface area contributed by atoms with Crippen LogP contribution < -0.4 is 11.1 Å². The maximum Gasteiger partial charge on any atom is 0.222 e. The van der Waals surface area contributed by atoms with E-state index in [4.69, 9.17) is 22.4 Å². The van der Waals surface area contributed by atoms with Gasteiger partial charge in [-0.25, -0.2) is 0 Å². The third-order valence-electron chi connectivity index (χ3n) is 4.22. The molecule has 0 unspecified atom stereocenters. The molecule has 0 spiro atoms. The number of carbonyl (C=O) groups excluding carboxylic acids is 1. The van der Waals surface area contributed by atoms with Crippen molar-refractivity contribution < 1.29 is 19.4 Å². The fraction of sp³-hybridized carbons (Fsp3) is 0.538. The minimum Gasteiger partial charge on any atom is -0.467 e. The first-order valence-electron chi connectivity index (χ1n) is 6.74. The van der Waals surface area contributed by atoms with E-state index in [1.54, 1.807) is 17.2 Å². The van der Waals surface area contributed by atoms with Crippen LogP contribution in [0.1, 0.15) is 12.2 Å². The second-order valence-corrected chi connectivity index (χ2v) is 5.86. The van der Waals surface area contributed by atoms with E-state index >= 15 is 0 Å².